The van der Waals surface area contributed by atoms with Crippen molar-refractivity contribution in [3.63, 3.8) is 0 Å². The summed E-state index contributed by atoms with van der Waals surface area (Å²) in [5.41, 5.74) is 0. The summed E-state index contributed by atoms with van der Waals surface area (Å²) in [6.45, 7) is 11.2. The van der Waals surface area contributed by atoms with E-state index in [1.54, 1.807) is 11.8 Å². The Balaban J connectivity index is 2.55. The SMILES string of the molecule is CC(C)(C)[Si](C)(C)OC(CO)CSc1ccccc1. The van der Waals surface area contributed by atoms with Crippen LogP contribution in [0.2, 0.25) is 18.1 Å². The van der Waals surface area contributed by atoms with E-state index in [4.69, 9.17) is 4.43 Å². The molecule has 1 N–H and O–H groups in total. The molecule has 0 saturated heterocycles. The molecule has 0 bridgehead atoms. The van der Waals surface area contributed by atoms with Gasteiger partial charge >= 0.3 is 0 Å². The summed E-state index contributed by atoms with van der Waals surface area (Å²) in [6, 6.07) is 10.3. The Morgan fingerprint density at radius 1 is 1.21 bits per heavy atom. The molecule has 19 heavy (non-hydrogen) atoms. The van der Waals surface area contributed by atoms with E-state index >= 15 is 0 Å². The Morgan fingerprint density at radius 2 is 1.79 bits per heavy atom. The number of aliphatic hydroxyl groups is 1. The fraction of sp³-hybridized carbons (Fsp3) is 0.600. The lowest BCUT2D eigenvalue weighted by molar-refractivity contribution is 0.120. The van der Waals surface area contributed by atoms with Crippen LogP contribution in [0, 0.1) is 0 Å². The van der Waals surface area contributed by atoms with Gasteiger partial charge in [0.1, 0.15) is 0 Å². The minimum Gasteiger partial charge on any atom is -0.411 e. The van der Waals surface area contributed by atoms with Gasteiger partial charge in [-0.1, -0.05) is 39.0 Å². The molecule has 0 aliphatic carbocycles. The van der Waals surface area contributed by atoms with Crippen LogP contribution in [0.25, 0.3) is 0 Å². The van der Waals surface area contributed by atoms with Crippen LogP contribution in [-0.2, 0) is 4.43 Å². The average Bonchev–Trinajstić information content (AvgIpc) is 2.34. The highest BCUT2D eigenvalue weighted by molar-refractivity contribution is 7.99. The second-order valence-electron chi connectivity index (χ2n) is 6.31. The molecule has 0 fully saturated rings. The molecule has 0 aromatic heterocycles. The van der Waals surface area contributed by atoms with Gasteiger partial charge in [0.05, 0.1) is 12.7 Å². The van der Waals surface area contributed by atoms with Gasteiger partial charge in [-0.3, -0.25) is 0 Å². The molecular formula is C15H26O2SSi. The van der Waals surface area contributed by atoms with Crippen LogP contribution < -0.4 is 0 Å². The van der Waals surface area contributed by atoms with Gasteiger partial charge in [0.15, 0.2) is 8.32 Å². The van der Waals surface area contributed by atoms with Gasteiger partial charge in [-0.2, -0.15) is 0 Å². The van der Waals surface area contributed by atoms with Gasteiger partial charge in [0.25, 0.3) is 0 Å². The molecule has 0 heterocycles. The van der Waals surface area contributed by atoms with Gasteiger partial charge < -0.3 is 9.53 Å². The Hall–Kier alpha value is -0.293. The summed E-state index contributed by atoms with van der Waals surface area (Å²) >= 11 is 1.74. The molecule has 1 atom stereocenters. The lowest BCUT2D eigenvalue weighted by atomic mass is 10.2. The molecule has 108 valence electrons. The molecule has 1 aromatic rings. The summed E-state index contributed by atoms with van der Waals surface area (Å²) in [5, 5.41) is 9.70. The molecule has 0 aliphatic heterocycles. The minimum absolute atomic E-state index is 0.0777. The Morgan fingerprint density at radius 3 is 2.26 bits per heavy atom. The molecule has 0 radical (unpaired) electrons. The molecule has 4 heteroatoms. The first-order valence-corrected chi connectivity index (χ1v) is 10.6. The van der Waals surface area contributed by atoms with E-state index in [-0.39, 0.29) is 17.7 Å². The van der Waals surface area contributed by atoms with Crippen molar-refractivity contribution < 1.29 is 9.53 Å². The van der Waals surface area contributed by atoms with Crippen molar-refractivity contribution in [1.29, 1.82) is 0 Å². The van der Waals surface area contributed by atoms with Crippen LogP contribution >= 0.6 is 11.8 Å². The van der Waals surface area contributed by atoms with E-state index in [1.807, 2.05) is 18.2 Å². The molecule has 0 spiro atoms. The number of aliphatic hydroxyl groups excluding tert-OH is 1. The predicted molar refractivity (Wildman–Crippen MR) is 86.3 cm³/mol. The first-order valence-electron chi connectivity index (χ1n) is 6.73. The highest BCUT2D eigenvalue weighted by atomic mass is 32.2. The molecule has 1 rings (SSSR count). The lowest BCUT2D eigenvalue weighted by Gasteiger charge is -2.38. The quantitative estimate of drug-likeness (QED) is 0.631. The minimum atomic E-state index is -1.80. The van der Waals surface area contributed by atoms with Gasteiger partial charge in [-0.15, -0.1) is 11.8 Å². The van der Waals surface area contributed by atoms with Crippen LogP contribution in [0.1, 0.15) is 20.8 Å². The fourth-order valence-corrected chi connectivity index (χ4v) is 3.79. The van der Waals surface area contributed by atoms with Gasteiger partial charge in [0.2, 0.25) is 0 Å². The number of thioether (sulfide) groups is 1. The van der Waals surface area contributed by atoms with Crippen LogP contribution in [0.5, 0.6) is 0 Å². The zero-order chi connectivity index (χ0) is 14.5. The smallest absolute Gasteiger partial charge is 0.192 e. The summed E-state index contributed by atoms with van der Waals surface area (Å²) in [7, 11) is -1.80. The summed E-state index contributed by atoms with van der Waals surface area (Å²) < 4.78 is 6.24. The third-order valence-corrected chi connectivity index (χ3v) is 9.33. The summed E-state index contributed by atoms with van der Waals surface area (Å²) in [4.78, 5) is 1.22. The van der Waals surface area contributed by atoms with Gasteiger partial charge in [-0.05, 0) is 30.3 Å². The highest BCUT2D eigenvalue weighted by Crippen LogP contribution is 2.37. The average molecular weight is 299 g/mol. The number of hydrogen-bond donors (Lipinski definition) is 1. The van der Waals surface area contributed by atoms with Gasteiger partial charge in [0, 0.05) is 10.6 Å². The molecule has 1 unspecified atom stereocenters. The maximum absolute atomic E-state index is 9.52. The van der Waals surface area contributed by atoms with Crippen molar-refractivity contribution >= 4 is 20.1 Å². The first kappa shape index (κ1) is 16.8. The third kappa shape index (κ3) is 5.30. The van der Waals surface area contributed by atoms with Crippen molar-refractivity contribution in [3.8, 4) is 0 Å². The van der Waals surface area contributed by atoms with Crippen molar-refractivity contribution in [2.45, 2.75) is 49.9 Å². The van der Waals surface area contributed by atoms with E-state index < -0.39 is 8.32 Å². The fourth-order valence-electron chi connectivity index (χ4n) is 1.42. The van der Waals surface area contributed by atoms with Crippen molar-refractivity contribution in [2.75, 3.05) is 12.4 Å². The zero-order valence-corrected chi connectivity index (χ0v) is 14.5. The maximum atomic E-state index is 9.52. The Bertz CT molecular complexity index is 373. The molecule has 0 aliphatic rings. The number of rotatable bonds is 6. The summed E-state index contributed by atoms with van der Waals surface area (Å²) in [6.07, 6.45) is -0.0777. The number of benzene rings is 1. The first-order chi connectivity index (χ1) is 8.76. The molecule has 0 saturated carbocycles. The normalized spacial score (nSPS) is 14.4. The lowest BCUT2D eigenvalue weighted by Crippen LogP contribution is -2.45. The van der Waals surface area contributed by atoms with Gasteiger partial charge in [-0.25, -0.2) is 0 Å². The Kier molecular flexibility index (Phi) is 6.11. The van der Waals surface area contributed by atoms with E-state index in [1.165, 1.54) is 4.90 Å². The van der Waals surface area contributed by atoms with Crippen LogP contribution in [0.3, 0.4) is 0 Å². The largest absolute Gasteiger partial charge is 0.411 e. The van der Waals surface area contributed by atoms with E-state index in [0.29, 0.717) is 0 Å². The van der Waals surface area contributed by atoms with Crippen molar-refractivity contribution in [1.82, 2.24) is 0 Å². The topological polar surface area (TPSA) is 29.5 Å². The summed E-state index contributed by atoms with van der Waals surface area (Å²) in [5.74, 6) is 0.799. The predicted octanol–water partition coefficient (Wildman–Crippen LogP) is 4.16. The monoisotopic (exact) mass is 298 g/mol. The molecule has 1 aromatic carbocycles. The standard InChI is InChI=1S/C15H26O2SSi/c1-15(2,3)19(4,5)17-13(11-16)12-18-14-9-7-6-8-10-14/h6-10,13,16H,11-12H2,1-5H3. The van der Waals surface area contributed by atoms with Crippen LogP contribution in [0.15, 0.2) is 35.2 Å². The maximum Gasteiger partial charge on any atom is 0.192 e. The van der Waals surface area contributed by atoms with Crippen molar-refractivity contribution in [2.24, 2.45) is 0 Å². The molecular weight excluding hydrogens is 272 g/mol. The second kappa shape index (κ2) is 6.93. The van der Waals surface area contributed by atoms with E-state index in [9.17, 15) is 5.11 Å². The second-order valence-corrected chi connectivity index (χ2v) is 12.2. The Labute approximate surface area is 122 Å². The van der Waals surface area contributed by atoms with E-state index in [0.717, 1.165) is 5.75 Å². The zero-order valence-electron chi connectivity index (χ0n) is 12.6. The van der Waals surface area contributed by atoms with Crippen LogP contribution in [-0.4, -0.2) is 31.9 Å². The third-order valence-electron chi connectivity index (χ3n) is 3.65. The highest BCUT2D eigenvalue weighted by Gasteiger charge is 2.38. The molecule has 0 amide bonds. The molecule has 2 nitrogen and oxygen atoms in total. The van der Waals surface area contributed by atoms with Crippen LogP contribution in [0.4, 0.5) is 0 Å². The van der Waals surface area contributed by atoms with Crippen molar-refractivity contribution in [3.05, 3.63) is 30.3 Å². The number of hydrogen-bond acceptors (Lipinski definition) is 3. The van der Waals surface area contributed by atoms with E-state index in [2.05, 4.69) is 46.0 Å².